The van der Waals surface area contributed by atoms with Gasteiger partial charge in [0.05, 0.1) is 10.8 Å². The van der Waals surface area contributed by atoms with Gasteiger partial charge in [0.15, 0.2) is 0 Å². The number of amides is 1. The molecule has 0 saturated heterocycles. The minimum atomic E-state index is -0.612. The van der Waals surface area contributed by atoms with Crippen LogP contribution >= 0.6 is 0 Å². The van der Waals surface area contributed by atoms with Crippen molar-refractivity contribution in [3.63, 3.8) is 0 Å². The highest BCUT2D eigenvalue weighted by atomic mass is 16.6. The molecule has 2 heterocycles. The van der Waals surface area contributed by atoms with E-state index in [1.165, 1.54) is 11.9 Å². The molecule has 1 amide bonds. The van der Waals surface area contributed by atoms with Crippen molar-refractivity contribution in [3.8, 4) is 0 Å². The van der Waals surface area contributed by atoms with Crippen molar-refractivity contribution in [3.05, 3.63) is 124 Å². The second kappa shape index (κ2) is 10.2. The van der Waals surface area contributed by atoms with E-state index in [0.717, 1.165) is 23.1 Å². The summed E-state index contributed by atoms with van der Waals surface area (Å²) in [5.41, 5.74) is 8.97. The van der Waals surface area contributed by atoms with Crippen LogP contribution in [-0.2, 0) is 17.8 Å². The molecule has 0 atom stereocenters. The van der Waals surface area contributed by atoms with Crippen LogP contribution in [0.1, 0.15) is 28.2 Å². The lowest BCUT2D eigenvalue weighted by Crippen LogP contribution is -2.36. The monoisotopic (exact) mass is 480 g/mol. The molecular formula is C27H24N6O3. The molecule has 4 aromatic rings. The van der Waals surface area contributed by atoms with E-state index in [9.17, 15) is 14.9 Å². The zero-order valence-corrected chi connectivity index (χ0v) is 19.4. The minimum absolute atomic E-state index is 0.0721. The second-order valence-corrected chi connectivity index (χ2v) is 8.46. The van der Waals surface area contributed by atoms with Crippen LogP contribution in [0.5, 0.6) is 0 Å². The van der Waals surface area contributed by atoms with Gasteiger partial charge in [0.2, 0.25) is 17.5 Å². The van der Waals surface area contributed by atoms with Crippen LogP contribution < -0.4 is 15.8 Å². The summed E-state index contributed by atoms with van der Waals surface area (Å²) in [5.74, 6) is -0.839. The average Bonchev–Trinajstić information content (AvgIpc) is 2.92. The maximum atomic E-state index is 13.3. The van der Waals surface area contributed by atoms with Gasteiger partial charge in [-0.3, -0.25) is 25.8 Å². The van der Waals surface area contributed by atoms with Crippen LogP contribution in [0.2, 0.25) is 0 Å². The molecule has 9 nitrogen and oxygen atoms in total. The Hall–Kier alpha value is -4.79. The maximum Gasteiger partial charge on any atom is 0.355 e. The lowest BCUT2D eigenvalue weighted by Gasteiger charge is -2.29. The molecule has 0 fully saturated rings. The molecule has 0 radical (unpaired) electrons. The third-order valence-electron chi connectivity index (χ3n) is 6.25. The molecule has 5 rings (SSSR count). The molecule has 1 aliphatic rings. The highest BCUT2D eigenvalue weighted by Gasteiger charge is 2.30. The average molecular weight is 481 g/mol. The van der Waals surface area contributed by atoms with Crippen LogP contribution in [0.15, 0.2) is 91.3 Å². The summed E-state index contributed by atoms with van der Waals surface area (Å²) >= 11 is 0. The van der Waals surface area contributed by atoms with Gasteiger partial charge in [-0.1, -0.05) is 84.9 Å². The Morgan fingerprint density at radius 1 is 0.889 bits per heavy atom. The number of carbonyl (C=O) groups is 1. The molecule has 0 unspecified atom stereocenters. The normalized spacial score (nSPS) is 12.6. The van der Waals surface area contributed by atoms with Gasteiger partial charge in [-0.2, -0.15) is 0 Å². The fourth-order valence-electron chi connectivity index (χ4n) is 4.52. The Balaban J connectivity index is 1.41. The van der Waals surface area contributed by atoms with E-state index in [-0.39, 0.29) is 23.2 Å². The van der Waals surface area contributed by atoms with E-state index in [1.807, 2.05) is 83.8 Å². The molecule has 3 aromatic carbocycles. The first kappa shape index (κ1) is 23.0. The summed E-state index contributed by atoms with van der Waals surface area (Å²) in [4.78, 5) is 35.1. The molecule has 0 spiro atoms. The van der Waals surface area contributed by atoms with Crippen LogP contribution in [0.4, 0.5) is 17.3 Å². The Kier molecular flexibility index (Phi) is 6.53. The van der Waals surface area contributed by atoms with Crippen LogP contribution in [0, 0.1) is 10.1 Å². The van der Waals surface area contributed by atoms with Gasteiger partial charge in [0.1, 0.15) is 6.33 Å². The zero-order valence-electron chi connectivity index (χ0n) is 19.4. The zero-order chi connectivity index (χ0) is 24.9. The Morgan fingerprint density at radius 3 is 2.14 bits per heavy atom. The molecular weight excluding hydrogens is 456 g/mol. The fourth-order valence-corrected chi connectivity index (χ4v) is 4.52. The van der Waals surface area contributed by atoms with Gasteiger partial charge in [0.25, 0.3) is 0 Å². The Bertz CT molecular complexity index is 1340. The summed E-state index contributed by atoms with van der Waals surface area (Å²) in [6, 6.07) is 26.7. The SMILES string of the molecule is O=C(NNc1ncnc(N2CCc3ccccc3C2)c1[N+](=O)[O-])C(c1ccccc1)c1ccccc1. The number of hydrogen-bond donors (Lipinski definition) is 2. The third-order valence-corrected chi connectivity index (χ3v) is 6.25. The van der Waals surface area contributed by atoms with Gasteiger partial charge in [-0.15, -0.1) is 0 Å². The van der Waals surface area contributed by atoms with Crippen LogP contribution in [0.25, 0.3) is 0 Å². The molecule has 0 aliphatic carbocycles. The van der Waals surface area contributed by atoms with Crippen molar-refractivity contribution in [2.75, 3.05) is 16.9 Å². The smallest absolute Gasteiger partial charge is 0.346 e. The van der Waals surface area contributed by atoms with Crippen LogP contribution in [0.3, 0.4) is 0 Å². The number of benzene rings is 3. The van der Waals surface area contributed by atoms with E-state index in [0.29, 0.717) is 13.1 Å². The van der Waals surface area contributed by atoms with Crippen molar-refractivity contribution >= 4 is 23.2 Å². The highest BCUT2D eigenvalue weighted by molar-refractivity contribution is 5.88. The van der Waals surface area contributed by atoms with E-state index in [2.05, 4.69) is 26.9 Å². The predicted octanol–water partition coefficient (Wildman–Crippen LogP) is 4.22. The number of carbonyl (C=O) groups excluding carboxylic acids is 1. The highest BCUT2D eigenvalue weighted by Crippen LogP contribution is 2.34. The third kappa shape index (κ3) is 4.72. The quantitative estimate of drug-likeness (QED) is 0.301. The molecule has 36 heavy (non-hydrogen) atoms. The number of anilines is 2. The summed E-state index contributed by atoms with van der Waals surface area (Å²) in [6.45, 7) is 1.09. The number of nitrogens with zero attached hydrogens (tertiary/aromatic N) is 4. The van der Waals surface area contributed by atoms with Crippen molar-refractivity contribution in [1.82, 2.24) is 15.4 Å². The van der Waals surface area contributed by atoms with Crippen molar-refractivity contribution in [2.24, 2.45) is 0 Å². The van der Waals surface area contributed by atoms with Crippen molar-refractivity contribution in [2.45, 2.75) is 18.9 Å². The second-order valence-electron chi connectivity index (χ2n) is 8.46. The first-order valence-corrected chi connectivity index (χ1v) is 11.6. The number of hydrazine groups is 1. The molecule has 180 valence electrons. The lowest BCUT2D eigenvalue weighted by molar-refractivity contribution is -0.383. The maximum absolute atomic E-state index is 13.3. The van der Waals surface area contributed by atoms with Crippen LogP contribution in [-0.4, -0.2) is 27.3 Å². The summed E-state index contributed by atoms with van der Waals surface area (Å²) in [6.07, 6.45) is 2.02. The number of nitrogens with one attached hydrogen (secondary N) is 2. The molecule has 2 N–H and O–H groups in total. The Morgan fingerprint density at radius 2 is 1.50 bits per heavy atom. The fraction of sp³-hybridized carbons (Fsp3) is 0.148. The largest absolute Gasteiger partial charge is 0.355 e. The lowest BCUT2D eigenvalue weighted by atomic mass is 9.91. The first-order chi connectivity index (χ1) is 17.6. The van der Waals surface area contributed by atoms with Gasteiger partial charge in [-0.05, 0) is 28.7 Å². The van der Waals surface area contributed by atoms with E-state index in [1.54, 1.807) is 0 Å². The van der Waals surface area contributed by atoms with E-state index < -0.39 is 10.8 Å². The molecule has 0 bridgehead atoms. The molecule has 0 saturated carbocycles. The standard InChI is InChI=1S/C27H24N6O3/c34-27(23(20-10-3-1-4-11-20)21-12-5-2-6-13-21)31-30-25-24(33(35)36)26(29-18-28-25)32-16-15-19-9-7-8-14-22(19)17-32/h1-14,18,23H,15-17H2,(H,31,34)(H,28,29,30). The van der Waals surface area contributed by atoms with E-state index in [4.69, 9.17) is 0 Å². The first-order valence-electron chi connectivity index (χ1n) is 11.6. The van der Waals surface area contributed by atoms with Gasteiger partial charge < -0.3 is 4.90 Å². The topological polar surface area (TPSA) is 113 Å². The summed E-state index contributed by atoms with van der Waals surface area (Å²) in [5, 5.41) is 12.1. The van der Waals surface area contributed by atoms with Gasteiger partial charge >= 0.3 is 5.69 Å². The summed E-state index contributed by atoms with van der Waals surface area (Å²) < 4.78 is 0. The van der Waals surface area contributed by atoms with E-state index >= 15 is 0 Å². The number of rotatable bonds is 7. The number of fused-ring (bicyclic) bond motifs is 1. The van der Waals surface area contributed by atoms with Gasteiger partial charge in [0, 0.05) is 13.1 Å². The molecule has 1 aliphatic heterocycles. The number of nitro groups is 1. The van der Waals surface area contributed by atoms with Gasteiger partial charge in [-0.25, -0.2) is 9.97 Å². The number of aromatic nitrogens is 2. The molecule has 1 aromatic heterocycles. The molecule has 9 heteroatoms. The Labute approximate surface area is 208 Å². The predicted molar refractivity (Wildman–Crippen MR) is 136 cm³/mol. The summed E-state index contributed by atoms with van der Waals surface area (Å²) in [7, 11) is 0. The minimum Gasteiger partial charge on any atom is -0.346 e. The van der Waals surface area contributed by atoms with Crippen molar-refractivity contribution < 1.29 is 9.72 Å². The number of hydrogen-bond acceptors (Lipinski definition) is 7. The van der Waals surface area contributed by atoms with Crippen molar-refractivity contribution in [1.29, 1.82) is 0 Å².